The summed E-state index contributed by atoms with van der Waals surface area (Å²) >= 11 is 0. The highest BCUT2D eigenvalue weighted by Gasteiger charge is 2.38. The van der Waals surface area contributed by atoms with Gasteiger partial charge in [0.15, 0.2) is 0 Å². The fourth-order valence-corrected chi connectivity index (χ4v) is 3.25. The van der Waals surface area contributed by atoms with Crippen molar-refractivity contribution in [3.8, 4) is 6.07 Å². The molecule has 0 amide bonds. The quantitative estimate of drug-likeness (QED) is 0.766. The number of rotatable bonds is 5. The van der Waals surface area contributed by atoms with Crippen LogP contribution in [0, 0.1) is 28.6 Å². The zero-order valence-corrected chi connectivity index (χ0v) is 13.3. The average molecular weight is 266 g/mol. The van der Waals surface area contributed by atoms with Crippen molar-refractivity contribution in [2.45, 2.75) is 53.0 Å². The van der Waals surface area contributed by atoms with E-state index < -0.39 is 0 Å². The normalized spacial score (nSPS) is 28.4. The van der Waals surface area contributed by atoms with Gasteiger partial charge in [-0.15, -0.1) is 0 Å². The van der Waals surface area contributed by atoms with Gasteiger partial charge in [0.25, 0.3) is 0 Å². The topological polar surface area (TPSA) is 36.3 Å². The summed E-state index contributed by atoms with van der Waals surface area (Å²) < 4.78 is 5.20. The number of likely N-dealkylation sites (N-methyl/N-ethyl adjacent to an activating group) is 1. The molecule has 3 heteroatoms. The van der Waals surface area contributed by atoms with Gasteiger partial charge in [-0.05, 0) is 37.1 Å². The molecule has 110 valence electrons. The highest BCUT2D eigenvalue weighted by Crippen LogP contribution is 2.41. The molecular formula is C16H30N2O. The van der Waals surface area contributed by atoms with Crippen molar-refractivity contribution < 1.29 is 4.74 Å². The molecule has 1 aliphatic carbocycles. The second-order valence-electron chi connectivity index (χ2n) is 6.80. The molecule has 0 aromatic carbocycles. The number of nitrogens with zero attached hydrogens (tertiary/aromatic N) is 2. The molecule has 3 nitrogen and oxygen atoms in total. The molecule has 19 heavy (non-hydrogen) atoms. The SMILES string of the molecule is CCN(CCOC)C1CC(C(C)(C)C)CCC1C#N. The first-order valence-corrected chi connectivity index (χ1v) is 7.56. The molecule has 1 fully saturated rings. The van der Waals surface area contributed by atoms with Crippen molar-refractivity contribution in [3.05, 3.63) is 0 Å². The Hall–Kier alpha value is -0.590. The van der Waals surface area contributed by atoms with Gasteiger partial charge in [-0.25, -0.2) is 0 Å². The first-order valence-electron chi connectivity index (χ1n) is 7.56. The molecule has 0 spiro atoms. The molecule has 0 bridgehead atoms. The molecule has 0 aromatic heterocycles. The first-order chi connectivity index (χ1) is 8.93. The minimum atomic E-state index is 0.190. The summed E-state index contributed by atoms with van der Waals surface area (Å²) in [5, 5.41) is 9.41. The Morgan fingerprint density at radius 3 is 2.47 bits per heavy atom. The van der Waals surface area contributed by atoms with E-state index in [2.05, 4.69) is 38.7 Å². The molecule has 1 rings (SSSR count). The van der Waals surface area contributed by atoms with E-state index in [-0.39, 0.29) is 5.92 Å². The van der Waals surface area contributed by atoms with Gasteiger partial charge in [-0.2, -0.15) is 5.26 Å². The van der Waals surface area contributed by atoms with Crippen molar-refractivity contribution in [2.24, 2.45) is 17.3 Å². The lowest BCUT2D eigenvalue weighted by Gasteiger charge is -2.44. The number of hydrogen-bond acceptors (Lipinski definition) is 3. The highest BCUT2D eigenvalue weighted by molar-refractivity contribution is 4.99. The van der Waals surface area contributed by atoms with Crippen LogP contribution in [0.2, 0.25) is 0 Å². The van der Waals surface area contributed by atoms with Crippen LogP contribution in [0.4, 0.5) is 0 Å². The van der Waals surface area contributed by atoms with Crippen LogP contribution in [0.5, 0.6) is 0 Å². The second kappa shape index (κ2) is 7.26. The second-order valence-corrected chi connectivity index (χ2v) is 6.80. The van der Waals surface area contributed by atoms with E-state index in [4.69, 9.17) is 4.74 Å². The molecule has 3 unspecified atom stereocenters. The van der Waals surface area contributed by atoms with E-state index in [1.54, 1.807) is 7.11 Å². The highest BCUT2D eigenvalue weighted by atomic mass is 16.5. The summed E-state index contributed by atoms with van der Waals surface area (Å²) in [6.45, 7) is 11.9. The van der Waals surface area contributed by atoms with E-state index in [0.29, 0.717) is 11.5 Å². The predicted molar refractivity (Wildman–Crippen MR) is 78.8 cm³/mol. The summed E-state index contributed by atoms with van der Waals surface area (Å²) in [7, 11) is 1.74. The number of nitriles is 1. The van der Waals surface area contributed by atoms with Crippen LogP contribution in [-0.2, 0) is 4.74 Å². The zero-order chi connectivity index (χ0) is 14.5. The molecule has 3 atom stereocenters. The molecule has 1 aliphatic rings. The Morgan fingerprint density at radius 1 is 1.32 bits per heavy atom. The van der Waals surface area contributed by atoms with Crippen molar-refractivity contribution in [1.29, 1.82) is 5.26 Å². The largest absolute Gasteiger partial charge is 0.383 e. The molecular weight excluding hydrogens is 236 g/mol. The van der Waals surface area contributed by atoms with E-state index in [1.807, 2.05) is 0 Å². The summed E-state index contributed by atoms with van der Waals surface area (Å²) in [5.74, 6) is 0.911. The Bertz CT molecular complexity index is 303. The summed E-state index contributed by atoms with van der Waals surface area (Å²) in [5.41, 5.74) is 0.347. The Balaban J connectivity index is 2.76. The van der Waals surface area contributed by atoms with E-state index in [0.717, 1.165) is 38.5 Å². The van der Waals surface area contributed by atoms with Crippen LogP contribution in [-0.4, -0.2) is 37.7 Å². The molecule has 1 saturated carbocycles. The van der Waals surface area contributed by atoms with E-state index in [1.165, 1.54) is 6.42 Å². The molecule has 0 saturated heterocycles. The van der Waals surface area contributed by atoms with Gasteiger partial charge in [0, 0.05) is 19.7 Å². The average Bonchev–Trinajstić information content (AvgIpc) is 2.38. The van der Waals surface area contributed by atoms with E-state index in [9.17, 15) is 5.26 Å². The third-order valence-electron chi connectivity index (χ3n) is 4.66. The first kappa shape index (κ1) is 16.5. The molecule has 0 N–H and O–H groups in total. The number of hydrogen-bond donors (Lipinski definition) is 0. The lowest BCUT2D eigenvalue weighted by Crippen LogP contribution is -2.47. The fourth-order valence-electron chi connectivity index (χ4n) is 3.25. The van der Waals surface area contributed by atoms with Gasteiger partial charge in [0.05, 0.1) is 18.6 Å². The lowest BCUT2D eigenvalue weighted by atomic mass is 9.68. The Morgan fingerprint density at radius 2 is 2.00 bits per heavy atom. The standard InChI is InChI=1S/C16H30N2O/c1-6-18(9-10-19-5)15-11-14(16(2,3)4)8-7-13(15)12-17/h13-15H,6-11H2,1-5H3. The Kier molecular flexibility index (Phi) is 6.29. The molecule has 0 aromatic rings. The third-order valence-corrected chi connectivity index (χ3v) is 4.66. The summed E-state index contributed by atoms with van der Waals surface area (Å²) in [4.78, 5) is 2.44. The summed E-state index contributed by atoms with van der Waals surface area (Å²) in [6, 6.07) is 2.94. The van der Waals surface area contributed by atoms with Crippen LogP contribution < -0.4 is 0 Å². The maximum Gasteiger partial charge on any atom is 0.0672 e. The number of methoxy groups -OCH3 is 1. The van der Waals surface area contributed by atoms with Crippen LogP contribution >= 0.6 is 0 Å². The molecule has 0 aliphatic heterocycles. The van der Waals surface area contributed by atoms with Crippen LogP contribution in [0.3, 0.4) is 0 Å². The smallest absolute Gasteiger partial charge is 0.0672 e. The van der Waals surface area contributed by atoms with Crippen molar-refractivity contribution in [2.75, 3.05) is 26.8 Å². The summed E-state index contributed by atoms with van der Waals surface area (Å²) in [6.07, 6.45) is 3.39. The molecule has 0 radical (unpaired) electrons. The zero-order valence-electron chi connectivity index (χ0n) is 13.3. The number of ether oxygens (including phenoxy) is 1. The molecule has 0 heterocycles. The van der Waals surface area contributed by atoms with Crippen molar-refractivity contribution >= 4 is 0 Å². The van der Waals surface area contributed by atoms with Crippen LogP contribution in [0.1, 0.15) is 47.0 Å². The van der Waals surface area contributed by atoms with Gasteiger partial charge in [0.2, 0.25) is 0 Å². The maximum absolute atomic E-state index is 9.41. The van der Waals surface area contributed by atoms with Crippen LogP contribution in [0.15, 0.2) is 0 Å². The van der Waals surface area contributed by atoms with Crippen molar-refractivity contribution in [1.82, 2.24) is 4.90 Å². The van der Waals surface area contributed by atoms with Gasteiger partial charge < -0.3 is 4.74 Å². The van der Waals surface area contributed by atoms with Gasteiger partial charge in [-0.1, -0.05) is 27.7 Å². The van der Waals surface area contributed by atoms with Gasteiger partial charge >= 0.3 is 0 Å². The fraction of sp³-hybridized carbons (Fsp3) is 0.938. The maximum atomic E-state index is 9.41. The van der Waals surface area contributed by atoms with Gasteiger partial charge in [0.1, 0.15) is 0 Å². The third kappa shape index (κ3) is 4.47. The van der Waals surface area contributed by atoms with Gasteiger partial charge in [-0.3, -0.25) is 4.90 Å². The lowest BCUT2D eigenvalue weighted by molar-refractivity contribution is 0.0466. The van der Waals surface area contributed by atoms with Crippen molar-refractivity contribution in [3.63, 3.8) is 0 Å². The monoisotopic (exact) mass is 266 g/mol. The van der Waals surface area contributed by atoms with Crippen LogP contribution in [0.25, 0.3) is 0 Å². The minimum Gasteiger partial charge on any atom is -0.383 e. The minimum absolute atomic E-state index is 0.190. The van der Waals surface area contributed by atoms with E-state index >= 15 is 0 Å². The predicted octanol–water partition coefficient (Wildman–Crippen LogP) is 3.31. The Labute approximate surface area is 118 Å².